The second kappa shape index (κ2) is 14.3. The summed E-state index contributed by atoms with van der Waals surface area (Å²) in [5.41, 5.74) is 5.37. The minimum absolute atomic E-state index is 0.185. The molecule has 0 amide bonds. The third-order valence-corrected chi connectivity index (χ3v) is 4.64. The van der Waals surface area contributed by atoms with Crippen LogP contribution < -0.4 is 21.7 Å². The summed E-state index contributed by atoms with van der Waals surface area (Å²) in [6.07, 6.45) is 5.41. The van der Waals surface area contributed by atoms with Gasteiger partial charge in [-0.3, -0.25) is 0 Å². The summed E-state index contributed by atoms with van der Waals surface area (Å²) in [5.74, 6) is 1.63. The highest BCUT2D eigenvalue weighted by Gasteiger charge is 2.20. The Hall–Kier alpha value is -1.75. The van der Waals surface area contributed by atoms with E-state index in [1.165, 1.54) is 0 Å². The van der Waals surface area contributed by atoms with E-state index in [0.717, 1.165) is 45.1 Å². The van der Waals surface area contributed by atoms with E-state index in [4.69, 9.17) is 15.2 Å². The Morgan fingerprint density at radius 1 is 0.897 bits per heavy atom. The molecule has 29 heavy (non-hydrogen) atoms. The van der Waals surface area contributed by atoms with Gasteiger partial charge in [0.25, 0.3) is 0 Å². The van der Waals surface area contributed by atoms with Crippen LogP contribution in [-0.4, -0.2) is 78.3 Å². The van der Waals surface area contributed by atoms with Crippen LogP contribution in [0.2, 0.25) is 0 Å². The van der Waals surface area contributed by atoms with Crippen LogP contribution in [0.5, 0.6) is 0 Å². The molecule has 1 aliphatic rings. The highest BCUT2D eigenvalue weighted by Crippen LogP contribution is 2.21. The number of unbranched alkanes of at least 4 members (excludes halogenated alkanes) is 1. The molecule has 0 radical (unpaired) electrons. The molecule has 1 saturated carbocycles. The van der Waals surface area contributed by atoms with Gasteiger partial charge >= 0.3 is 0 Å². The van der Waals surface area contributed by atoms with Crippen molar-refractivity contribution < 1.29 is 14.6 Å². The number of ether oxygens (including phenoxy) is 2. The third kappa shape index (κ3) is 10.0. The first-order valence-corrected chi connectivity index (χ1v) is 10.7. The molecule has 0 spiro atoms. The summed E-state index contributed by atoms with van der Waals surface area (Å²) in [6.45, 7) is 6.23. The summed E-state index contributed by atoms with van der Waals surface area (Å²) in [4.78, 5) is 13.4. The number of rotatable bonds is 15. The molecule has 0 saturated heterocycles. The van der Waals surface area contributed by atoms with Crippen molar-refractivity contribution in [3.05, 3.63) is 0 Å². The van der Waals surface area contributed by atoms with Crippen LogP contribution >= 0.6 is 0 Å². The van der Waals surface area contributed by atoms with Gasteiger partial charge in [0, 0.05) is 25.7 Å². The Bertz CT molecular complexity index is 557. The number of aliphatic hydroxyl groups is 1. The monoisotopic (exact) mass is 411 g/mol. The maximum atomic E-state index is 9.69. The Labute approximate surface area is 173 Å². The van der Waals surface area contributed by atoms with Crippen LogP contribution in [0.15, 0.2) is 0 Å². The number of nitrogens with two attached hydrogens (primary N) is 1. The van der Waals surface area contributed by atoms with Crippen molar-refractivity contribution in [2.75, 3.05) is 62.0 Å². The van der Waals surface area contributed by atoms with Gasteiger partial charge in [0.1, 0.15) is 0 Å². The molecule has 2 rings (SSSR count). The number of aliphatic hydroxyl groups excluding tert-OH is 1. The van der Waals surface area contributed by atoms with E-state index in [1.807, 2.05) is 0 Å². The zero-order chi connectivity index (χ0) is 20.7. The van der Waals surface area contributed by atoms with Gasteiger partial charge in [-0.25, -0.2) is 0 Å². The molecule has 0 aliphatic heterocycles. The van der Waals surface area contributed by atoms with Gasteiger partial charge in [0.2, 0.25) is 17.8 Å². The fraction of sp³-hybridized carbons (Fsp3) is 0.842. The first-order chi connectivity index (χ1) is 14.2. The van der Waals surface area contributed by atoms with Crippen molar-refractivity contribution in [3.8, 4) is 0 Å². The normalized spacial score (nSPS) is 19.1. The molecule has 0 aromatic carbocycles. The highest BCUT2D eigenvalue weighted by molar-refractivity contribution is 5.42. The summed E-state index contributed by atoms with van der Waals surface area (Å²) < 4.78 is 10.8. The summed E-state index contributed by atoms with van der Waals surface area (Å²) in [5, 5.41) is 19.5. The summed E-state index contributed by atoms with van der Waals surface area (Å²) in [6, 6.07) is 0.272. The van der Waals surface area contributed by atoms with E-state index in [9.17, 15) is 5.11 Å². The summed E-state index contributed by atoms with van der Waals surface area (Å²) in [7, 11) is 0. The molecule has 10 nitrogen and oxygen atoms in total. The molecular formula is C19H37N7O3. The number of nitrogens with zero attached hydrogens (tertiary/aromatic N) is 3. The molecule has 1 aromatic rings. The molecule has 0 atom stereocenters. The first kappa shape index (κ1) is 23.5. The lowest BCUT2D eigenvalue weighted by atomic mass is 9.93. The topological polar surface area (TPSA) is 139 Å². The number of nitrogens with one attached hydrogen (secondary N) is 3. The second-order valence-corrected chi connectivity index (χ2v) is 7.18. The minimum Gasteiger partial charge on any atom is -0.393 e. The van der Waals surface area contributed by atoms with Crippen molar-refractivity contribution in [1.29, 1.82) is 0 Å². The molecule has 1 heterocycles. The van der Waals surface area contributed by atoms with Gasteiger partial charge in [0.05, 0.1) is 32.5 Å². The van der Waals surface area contributed by atoms with E-state index >= 15 is 0 Å². The number of hydrogen-bond acceptors (Lipinski definition) is 10. The highest BCUT2D eigenvalue weighted by atomic mass is 16.5. The van der Waals surface area contributed by atoms with Gasteiger partial charge in [-0.2, -0.15) is 15.0 Å². The van der Waals surface area contributed by atoms with Crippen LogP contribution in [0, 0.1) is 0 Å². The second-order valence-electron chi connectivity index (χ2n) is 7.18. The van der Waals surface area contributed by atoms with E-state index < -0.39 is 0 Å². The lowest BCUT2D eigenvalue weighted by Gasteiger charge is -2.26. The standard InChI is InChI=1S/C19H37N7O3/c1-2-3-9-21-17-24-18(22-10-12-29-14-13-28-11-8-20)26-19(25-17)23-15-4-6-16(27)7-5-15/h15-16,27H,2-14,20H2,1H3,(H3,21,22,23,24,25,26). The zero-order valence-electron chi connectivity index (χ0n) is 17.5. The molecule has 0 bridgehead atoms. The molecule has 166 valence electrons. The van der Waals surface area contributed by atoms with Crippen LogP contribution in [0.3, 0.4) is 0 Å². The van der Waals surface area contributed by atoms with Crippen LogP contribution in [0.1, 0.15) is 45.4 Å². The van der Waals surface area contributed by atoms with Crippen LogP contribution in [0.25, 0.3) is 0 Å². The van der Waals surface area contributed by atoms with E-state index in [2.05, 4.69) is 37.8 Å². The van der Waals surface area contributed by atoms with Crippen molar-refractivity contribution >= 4 is 17.8 Å². The number of aromatic nitrogens is 3. The average Bonchev–Trinajstić information content (AvgIpc) is 2.72. The predicted molar refractivity (Wildman–Crippen MR) is 114 cm³/mol. The molecule has 1 fully saturated rings. The van der Waals surface area contributed by atoms with Crippen LogP contribution in [-0.2, 0) is 9.47 Å². The predicted octanol–water partition coefficient (Wildman–Crippen LogP) is 1.20. The number of anilines is 3. The van der Waals surface area contributed by atoms with Crippen molar-refractivity contribution in [3.63, 3.8) is 0 Å². The van der Waals surface area contributed by atoms with Gasteiger partial charge < -0.3 is 36.3 Å². The Kier molecular flexibility index (Phi) is 11.6. The average molecular weight is 412 g/mol. The smallest absolute Gasteiger partial charge is 0.229 e. The molecule has 6 N–H and O–H groups in total. The molecular weight excluding hydrogens is 374 g/mol. The molecule has 10 heteroatoms. The molecule has 1 aliphatic carbocycles. The lowest BCUT2D eigenvalue weighted by Crippen LogP contribution is -2.29. The van der Waals surface area contributed by atoms with E-state index in [0.29, 0.717) is 57.4 Å². The Balaban J connectivity index is 1.83. The summed E-state index contributed by atoms with van der Waals surface area (Å²) >= 11 is 0. The SMILES string of the molecule is CCCCNc1nc(NCCOCCOCCN)nc(NC2CCC(O)CC2)n1. The van der Waals surface area contributed by atoms with Crippen molar-refractivity contribution in [1.82, 2.24) is 15.0 Å². The maximum absolute atomic E-state index is 9.69. The molecule has 0 unspecified atom stereocenters. The van der Waals surface area contributed by atoms with Crippen molar-refractivity contribution in [2.24, 2.45) is 5.73 Å². The Morgan fingerprint density at radius 3 is 2.17 bits per heavy atom. The lowest BCUT2D eigenvalue weighted by molar-refractivity contribution is 0.0547. The van der Waals surface area contributed by atoms with E-state index in [1.54, 1.807) is 0 Å². The largest absolute Gasteiger partial charge is 0.393 e. The van der Waals surface area contributed by atoms with E-state index in [-0.39, 0.29) is 12.1 Å². The van der Waals surface area contributed by atoms with Gasteiger partial charge in [-0.05, 0) is 32.1 Å². The Morgan fingerprint density at radius 2 is 1.52 bits per heavy atom. The number of hydrogen-bond donors (Lipinski definition) is 5. The maximum Gasteiger partial charge on any atom is 0.229 e. The van der Waals surface area contributed by atoms with Crippen LogP contribution in [0.4, 0.5) is 17.8 Å². The fourth-order valence-electron chi connectivity index (χ4n) is 3.02. The molecule has 1 aromatic heterocycles. The zero-order valence-corrected chi connectivity index (χ0v) is 17.5. The quantitative estimate of drug-likeness (QED) is 0.267. The third-order valence-electron chi connectivity index (χ3n) is 4.64. The van der Waals surface area contributed by atoms with Gasteiger partial charge in [-0.15, -0.1) is 0 Å². The van der Waals surface area contributed by atoms with Crippen molar-refractivity contribution in [2.45, 2.75) is 57.6 Å². The fourth-order valence-corrected chi connectivity index (χ4v) is 3.02. The minimum atomic E-state index is -0.185. The van der Waals surface area contributed by atoms with Gasteiger partial charge in [0.15, 0.2) is 0 Å². The van der Waals surface area contributed by atoms with Gasteiger partial charge in [-0.1, -0.05) is 13.3 Å². The first-order valence-electron chi connectivity index (χ1n) is 10.7.